The van der Waals surface area contributed by atoms with Crippen molar-refractivity contribution in [1.82, 2.24) is 0 Å². The lowest BCUT2D eigenvalue weighted by molar-refractivity contribution is 0.618. The fourth-order valence-corrected chi connectivity index (χ4v) is 4.36. The normalized spacial score (nSPS) is 16.8. The summed E-state index contributed by atoms with van der Waals surface area (Å²) >= 11 is 3.94. The van der Waals surface area contributed by atoms with Crippen LogP contribution in [0.2, 0.25) is 0 Å². The van der Waals surface area contributed by atoms with Crippen molar-refractivity contribution in [2.45, 2.75) is 51.8 Å². The molecule has 0 aromatic carbocycles. The molecule has 0 radical (unpaired) electrons. The molecular weight excluding hydrogens is 246 g/mol. The highest BCUT2D eigenvalue weighted by molar-refractivity contribution is 7.99. The Morgan fingerprint density at radius 2 is 2.00 bits per heavy atom. The van der Waals surface area contributed by atoms with Gasteiger partial charge in [-0.2, -0.15) is 11.8 Å². The Balaban J connectivity index is 2.67. The molecular formula is C14H25NS2. The zero-order valence-electron chi connectivity index (χ0n) is 11.4. The molecule has 0 amide bonds. The number of nitrogens with two attached hydrogens (primary N) is 1. The quantitative estimate of drug-likeness (QED) is 0.783. The monoisotopic (exact) mass is 271 g/mol. The second-order valence-corrected chi connectivity index (χ2v) is 7.28. The van der Waals surface area contributed by atoms with Gasteiger partial charge in [-0.3, -0.25) is 0 Å². The molecule has 1 nitrogen and oxygen atoms in total. The van der Waals surface area contributed by atoms with Gasteiger partial charge in [-0.25, -0.2) is 0 Å². The van der Waals surface area contributed by atoms with Crippen LogP contribution in [0, 0.1) is 12.8 Å². The van der Waals surface area contributed by atoms with Gasteiger partial charge < -0.3 is 5.73 Å². The highest BCUT2D eigenvalue weighted by Gasteiger charge is 2.21. The van der Waals surface area contributed by atoms with Gasteiger partial charge in [0.15, 0.2) is 0 Å². The van der Waals surface area contributed by atoms with Gasteiger partial charge in [-0.15, -0.1) is 11.3 Å². The van der Waals surface area contributed by atoms with Gasteiger partial charge >= 0.3 is 0 Å². The van der Waals surface area contributed by atoms with Crippen molar-refractivity contribution in [3.8, 4) is 0 Å². The third-order valence-electron chi connectivity index (χ3n) is 3.16. The number of thioether (sulfide) groups is 1. The number of aryl methyl sites for hydroxylation is 1. The average molecular weight is 271 g/mol. The zero-order chi connectivity index (χ0) is 12.8. The Labute approximate surface area is 114 Å². The SMILES string of the molecule is CCC(C)CSC(c1ccc(C)s1)C(N)CC. The summed E-state index contributed by atoms with van der Waals surface area (Å²) < 4.78 is 0. The number of rotatable bonds is 7. The van der Waals surface area contributed by atoms with Crippen molar-refractivity contribution in [3.63, 3.8) is 0 Å². The van der Waals surface area contributed by atoms with Crippen LogP contribution in [-0.2, 0) is 0 Å². The van der Waals surface area contributed by atoms with E-state index in [9.17, 15) is 0 Å². The third-order valence-corrected chi connectivity index (χ3v) is 6.12. The summed E-state index contributed by atoms with van der Waals surface area (Å²) in [7, 11) is 0. The molecule has 0 fully saturated rings. The van der Waals surface area contributed by atoms with Crippen LogP contribution in [0.3, 0.4) is 0 Å². The number of hydrogen-bond donors (Lipinski definition) is 1. The Bertz CT molecular complexity index is 322. The number of thiophene rings is 1. The van der Waals surface area contributed by atoms with Gasteiger partial charge in [0, 0.05) is 15.8 Å². The first-order valence-corrected chi connectivity index (χ1v) is 8.38. The first kappa shape index (κ1) is 15.1. The van der Waals surface area contributed by atoms with Crippen molar-refractivity contribution in [2.24, 2.45) is 11.7 Å². The summed E-state index contributed by atoms with van der Waals surface area (Å²) in [5, 5.41) is 0.479. The summed E-state index contributed by atoms with van der Waals surface area (Å²) in [6, 6.07) is 4.74. The van der Waals surface area contributed by atoms with Crippen molar-refractivity contribution in [1.29, 1.82) is 0 Å². The molecule has 3 heteroatoms. The molecule has 3 unspecified atom stereocenters. The smallest absolute Gasteiger partial charge is 0.0542 e. The van der Waals surface area contributed by atoms with Gasteiger partial charge in [0.1, 0.15) is 0 Å². The highest BCUT2D eigenvalue weighted by Crippen LogP contribution is 2.37. The molecule has 1 aromatic heterocycles. The van der Waals surface area contributed by atoms with Crippen LogP contribution < -0.4 is 5.73 Å². The lowest BCUT2D eigenvalue weighted by Gasteiger charge is -2.22. The maximum absolute atomic E-state index is 6.27. The molecule has 1 rings (SSSR count). The molecule has 0 saturated carbocycles. The Kier molecular flexibility index (Phi) is 6.60. The molecule has 0 saturated heterocycles. The first-order chi connectivity index (χ1) is 8.08. The van der Waals surface area contributed by atoms with Crippen LogP contribution in [0.5, 0.6) is 0 Å². The van der Waals surface area contributed by atoms with Crippen LogP contribution in [0.15, 0.2) is 12.1 Å². The molecule has 3 atom stereocenters. The van der Waals surface area contributed by atoms with Crippen molar-refractivity contribution in [2.75, 3.05) is 5.75 Å². The minimum Gasteiger partial charge on any atom is -0.326 e. The molecule has 17 heavy (non-hydrogen) atoms. The molecule has 1 heterocycles. The van der Waals surface area contributed by atoms with Crippen molar-refractivity contribution in [3.05, 3.63) is 21.9 Å². The van der Waals surface area contributed by atoms with E-state index in [1.807, 2.05) is 23.1 Å². The van der Waals surface area contributed by atoms with Gasteiger partial charge in [-0.1, -0.05) is 27.2 Å². The largest absolute Gasteiger partial charge is 0.326 e. The van der Waals surface area contributed by atoms with E-state index in [0.29, 0.717) is 5.25 Å². The summed E-state index contributed by atoms with van der Waals surface area (Å²) in [4.78, 5) is 2.84. The molecule has 0 aliphatic rings. The fourth-order valence-electron chi connectivity index (χ4n) is 1.62. The van der Waals surface area contributed by atoms with Crippen LogP contribution in [-0.4, -0.2) is 11.8 Å². The van der Waals surface area contributed by atoms with Gasteiger partial charge in [0.25, 0.3) is 0 Å². The van der Waals surface area contributed by atoms with E-state index in [0.717, 1.165) is 12.3 Å². The Hall–Kier alpha value is 0.01000. The van der Waals surface area contributed by atoms with Gasteiger partial charge in [0.05, 0.1) is 5.25 Å². The summed E-state index contributed by atoms with van der Waals surface area (Å²) in [5.41, 5.74) is 6.27. The first-order valence-electron chi connectivity index (χ1n) is 6.51. The summed E-state index contributed by atoms with van der Waals surface area (Å²) in [5.74, 6) is 2.00. The summed E-state index contributed by atoms with van der Waals surface area (Å²) in [6.07, 6.45) is 2.31. The Morgan fingerprint density at radius 1 is 1.29 bits per heavy atom. The second kappa shape index (κ2) is 7.45. The molecule has 1 aromatic rings. The zero-order valence-corrected chi connectivity index (χ0v) is 13.0. The predicted octanol–water partition coefficient (Wildman–Crippen LogP) is 4.61. The molecule has 2 N–H and O–H groups in total. The molecule has 0 aliphatic carbocycles. The van der Waals surface area contributed by atoms with Gasteiger partial charge in [-0.05, 0) is 37.1 Å². The van der Waals surface area contributed by atoms with Crippen LogP contribution >= 0.6 is 23.1 Å². The van der Waals surface area contributed by atoms with E-state index in [4.69, 9.17) is 5.73 Å². The minimum atomic E-state index is 0.280. The van der Waals surface area contributed by atoms with Crippen molar-refractivity contribution < 1.29 is 0 Å². The Morgan fingerprint density at radius 3 is 2.47 bits per heavy atom. The third kappa shape index (κ3) is 4.65. The molecule has 98 valence electrons. The molecule has 0 aliphatic heterocycles. The van der Waals surface area contributed by atoms with Crippen LogP contribution in [0.25, 0.3) is 0 Å². The highest BCUT2D eigenvalue weighted by atomic mass is 32.2. The average Bonchev–Trinajstić information content (AvgIpc) is 2.75. The maximum Gasteiger partial charge on any atom is 0.0542 e. The summed E-state index contributed by atoms with van der Waals surface area (Å²) in [6.45, 7) is 8.93. The lowest BCUT2D eigenvalue weighted by atomic mass is 10.1. The lowest BCUT2D eigenvalue weighted by Crippen LogP contribution is -2.25. The van der Waals surface area contributed by atoms with Crippen LogP contribution in [0.1, 0.15) is 48.6 Å². The van der Waals surface area contributed by atoms with Gasteiger partial charge in [0.2, 0.25) is 0 Å². The van der Waals surface area contributed by atoms with E-state index >= 15 is 0 Å². The number of hydrogen-bond acceptors (Lipinski definition) is 3. The van der Waals surface area contributed by atoms with Crippen molar-refractivity contribution >= 4 is 23.1 Å². The van der Waals surface area contributed by atoms with E-state index in [-0.39, 0.29) is 6.04 Å². The van der Waals surface area contributed by atoms with E-state index in [2.05, 4.69) is 39.8 Å². The molecule has 0 spiro atoms. The van der Waals surface area contributed by atoms with E-state index in [1.54, 1.807) is 0 Å². The maximum atomic E-state index is 6.27. The standard InChI is InChI=1S/C14H25NS2/c1-5-10(3)9-16-14(12(15)6-2)13-8-7-11(4)17-13/h7-8,10,12,14H,5-6,9,15H2,1-4H3. The van der Waals surface area contributed by atoms with E-state index in [1.165, 1.54) is 21.9 Å². The molecule has 0 bridgehead atoms. The predicted molar refractivity (Wildman–Crippen MR) is 82.0 cm³/mol. The van der Waals surface area contributed by atoms with Crippen LogP contribution in [0.4, 0.5) is 0 Å². The fraction of sp³-hybridized carbons (Fsp3) is 0.714. The van der Waals surface area contributed by atoms with E-state index < -0.39 is 0 Å². The second-order valence-electron chi connectivity index (χ2n) is 4.79. The minimum absolute atomic E-state index is 0.280. The topological polar surface area (TPSA) is 26.0 Å².